The summed E-state index contributed by atoms with van der Waals surface area (Å²) in [5.41, 5.74) is 1.33. The van der Waals surface area contributed by atoms with Gasteiger partial charge in [-0.05, 0) is 37.9 Å². The van der Waals surface area contributed by atoms with Crippen molar-refractivity contribution in [2.75, 3.05) is 26.9 Å². The predicted octanol–water partition coefficient (Wildman–Crippen LogP) is 2.12. The van der Waals surface area contributed by atoms with E-state index in [9.17, 15) is 13.2 Å². The smallest absolute Gasteiger partial charge is 0.251 e. The van der Waals surface area contributed by atoms with Crippen molar-refractivity contribution in [2.45, 2.75) is 10.9 Å². The molecule has 2 rings (SSSR count). The summed E-state index contributed by atoms with van der Waals surface area (Å²) in [7, 11) is 0.527. The van der Waals surface area contributed by atoms with Crippen LogP contribution in [0.3, 0.4) is 0 Å². The number of rotatable bonds is 6. The molecule has 0 saturated heterocycles. The molecule has 1 N–H and O–H groups in total. The molecule has 0 aromatic heterocycles. The van der Waals surface area contributed by atoms with Crippen LogP contribution in [-0.2, 0) is 9.84 Å². The number of nitrogens with one attached hydrogen (secondary N) is 1. The van der Waals surface area contributed by atoms with E-state index in [1.54, 1.807) is 12.1 Å². The molecule has 0 bridgehead atoms. The SMILES string of the molecule is CN(C)C[C@@H](NC(=O)c1cccc(S(C)(=O)=O)c1)c1ccccc1. The Morgan fingerprint density at radius 3 is 2.33 bits per heavy atom. The minimum atomic E-state index is -3.35. The number of carbonyl (C=O) groups is 1. The highest BCUT2D eigenvalue weighted by Gasteiger charge is 2.18. The largest absolute Gasteiger partial charge is 0.344 e. The summed E-state index contributed by atoms with van der Waals surface area (Å²) in [5.74, 6) is -0.295. The van der Waals surface area contributed by atoms with E-state index in [-0.39, 0.29) is 16.8 Å². The Morgan fingerprint density at radius 2 is 1.75 bits per heavy atom. The van der Waals surface area contributed by atoms with E-state index in [4.69, 9.17) is 0 Å². The lowest BCUT2D eigenvalue weighted by atomic mass is 10.1. The fourth-order valence-electron chi connectivity index (χ4n) is 2.39. The highest BCUT2D eigenvalue weighted by Crippen LogP contribution is 2.16. The van der Waals surface area contributed by atoms with Crippen LogP contribution in [0.4, 0.5) is 0 Å². The van der Waals surface area contributed by atoms with Gasteiger partial charge in [-0.25, -0.2) is 8.42 Å². The first-order chi connectivity index (χ1) is 11.3. The van der Waals surface area contributed by atoms with E-state index in [1.807, 2.05) is 49.3 Å². The molecule has 1 amide bonds. The number of hydrogen-bond donors (Lipinski definition) is 1. The van der Waals surface area contributed by atoms with Gasteiger partial charge in [-0.2, -0.15) is 0 Å². The molecule has 2 aromatic carbocycles. The molecule has 0 aliphatic heterocycles. The quantitative estimate of drug-likeness (QED) is 0.870. The summed E-state index contributed by atoms with van der Waals surface area (Å²) >= 11 is 0. The Labute approximate surface area is 143 Å². The zero-order chi connectivity index (χ0) is 17.7. The van der Waals surface area contributed by atoms with Gasteiger partial charge in [-0.1, -0.05) is 36.4 Å². The van der Waals surface area contributed by atoms with Gasteiger partial charge in [0.05, 0.1) is 10.9 Å². The lowest BCUT2D eigenvalue weighted by Gasteiger charge is -2.23. The maximum atomic E-state index is 12.6. The second-order valence-electron chi connectivity index (χ2n) is 6.00. The molecule has 0 radical (unpaired) electrons. The summed E-state index contributed by atoms with van der Waals surface area (Å²) in [6.07, 6.45) is 1.13. The molecule has 6 heteroatoms. The number of benzene rings is 2. The van der Waals surface area contributed by atoms with Gasteiger partial charge in [0.2, 0.25) is 0 Å². The van der Waals surface area contributed by atoms with Crippen molar-refractivity contribution in [3.8, 4) is 0 Å². The van der Waals surface area contributed by atoms with Gasteiger partial charge in [0.15, 0.2) is 9.84 Å². The molecule has 0 saturated carbocycles. The van der Waals surface area contributed by atoms with Gasteiger partial charge in [0.1, 0.15) is 0 Å². The number of nitrogens with zero attached hydrogens (tertiary/aromatic N) is 1. The van der Waals surface area contributed by atoms with Gasteiger partial charge in [-0.15, -0.1) is 0 Å². The molecular weight excluding hydrogens is 324 g/mol. The Bertz CT molecular complexity index is 802. The van der Waals surface area contributed by atoms with Crippen LogP contribution >= 0.6 is 0 Å². The minimum Gasteiger partial charge on any atom is -0.344 e. The lowest BCUT2D eigenvalue weighted by Crippen LogP contribution is -2.35. The van der Waals surface area contributed by atoms with E-state index < -0.39 is 9.84 Å². The van der Waals surface area contributed by atoms with Crippen LogP contribution in [0.25, 0.3) is 0 Å². The molecule has 0 spiro atoms. The lowest BCUT2D eigenvalue weighted by molar-refractivity contribution is 0.0929. The molecule has 0 unspecified atom stereocenters. The third kappa shape index (κ3) is 4.91. The van der Waals surface area contributed by atoms with Crippen molar-refractivity contribution in [3.63, 3.8) is 0 Å². The average Bonchev–Trinajstić information content (AvgIpc) is 2.54. The van der Waals surface area contributed by atoms with Crippen LogP contribution < -0.4 is 5.32 Å². The third-order valence-electron chi connectivity index (χ3n) is 3.58. The minimum absolute atomic E-state index is 0.138. The number of amides is 1. The number of sulfone groups is 1. The van der Waals surface area contributed by atoms with Gasteiger partial charge >= 0.3 is 0 Å². The van der Waals surface area contributed by atoms with Crippen LogP contribution in [0.1, 0.15) is 22.0 Å². The normalized spacial score (nSPS) is 12.8. The first-order valence-corrected chi connectivity index (χ1v) is 9.47. The molecule has 128 valence electrons. The topological polar surface area (TPSA) is 66.5 Å². The average molecular weight is 346 g/mol. The zero-order valence-electron chi connectivity index (χ0n) is 14.1. The van der Waals surface area contributed by atoms with E-state index in [0.29, 0.717) is 12.1 Å². The van der Waals surface area contributed by atoms with E-state index in [1.165, 1.54) is 12.1 Å². The highest BCUT2D eigenvalue weighted by atomic mass is 32.2. The summed E-state index contributed by atoms with van der Waals surface area (Å²) < 4.78 is 23.3. The van der Waals surface area contributed by atoms with Crippen molar-refractivity contribution < 1.29 is 13.2 Å². The van der Waals surface area contributed by atoms with Crippen LogP contribution in [0.2, 0.25) is 0 Å². The van der Waals surface area contributed by atoms with E-state index in [0.717, 1.165) is 11.8 Å². The van der Waals surface area contributed by atoms with Crippen LogP contribution in [0.5, 0.6) is 0 Å². The molecule has 24 heavy (non-hydrogen) atoms. The predicted molar refractivity (Wildman–Crippen MR) is 94.8 cm³/mol. The molecule has 1 atom stereocenters. The monoisotopic (exact) mass is 346 g/mol. The fraction of sp³-hybridized carbons (Fsp3) is 0.278. The number of likely N-dealkylation sites (N-methyl/N-ethyl adjacent to an activating group) is 1. The van der Waals surface area contributed by atoms with Crippen LogP contribution in [-0.4, -0.2) is 46.1 Å². The Balaban J connectivity index is 2.25. The van der Waals surface area contributed by atoms with Crippen molar-refractivity contribution in [2.24, 2.45) is 0 Å². The summed E-state index contributed by atoms with van der Waals surface area (Å²) in [6.45, 7) is 0.640. The molecule has 0 aliphatic rings. The molecular formula is C18H22N2O3S. The van der Waals surface area contributed by atoms with Gasteiger partial charge in [0.25, 0.3) is 5.91 Å². The summed E-state index contributed by atoms with van der Waals surface area (Å²) in [6, 6.07) is 15.6. The maximum absolute atomic E-state index is 12.6. The number of hydrogen-bond acceptors (Lipinski definition) is 4. The standard InChI is InChI=1S/C18H22N2O3S/c1-20(2)13-17(14-8-5-4-6-9-14)19-18(21)15-10-7-11-16(12-15)24(3,22)23/h4-12,17H,13H2,1-3H3,(H,19,21)/t17-/m1/s1. The first kappa shape index (κ1) is 18.2. The number of carbonyl (C=O) groups excluding carboxylic acids is 1. The van der Waals surface area contributed by atoms with Crippen LogP contribution in [0, 0.1) is 0 Å². The second kappa shape index (κ2) is 7.59. The Morgan fingerprint density at radius 1 is 1.08 bits per heavy atom. The molecule has 0 heterocycles. The Kier molecular flexibility index (Phi) is 5.75. The first-order valence-electron chi connectivity index (χ1n) is 7.58. The fourth-order valence-corrected chi connectivity index (χ4v) is 3.06. The third-order valence-corrected chi connectivity index (χ3v) is 4.69. The van der Waals surface area contributed by atoms with Crippen molar-refractivity contribution in [1.29, 1.82) is 0 Å². The van der Waals surface area contributed by atoms with Gasteiger partial charge in [0, 0.05) is 18.4 Å². The zero-order valence-corrected chi connectivity index (χ0v) is 14.9. The Hall–Kier alpha value is -2.18. The molecule has 5 nitrogen and oxygen atoms in total. The van der Waals surface area contributed by atoms with E-state index >= 15 is 0 Å². The molecule has 0 fully saturated rings. The van der Waals surface area contributed by atoms with Crippen molar-refractivity contribution >= 4 is 15.7 Å². The van der Waals surface area contributed by atoms with Crippen molar-refractivity contribution in [3.05, 3.63) is 65.7 Å². The second-order valence-corrected chi connectivity index (χ2v) is 8.01. The van der Waals surface area contributed by atoms with Gasteiger partial charge < -0.3 is 10.2 Å². The molecule has 2 aromatic rings. The highest BCUT2D eigenvalue weighted by molar-refractivity contribution is 7.90. The van der Waals surface area contributed by atoms with Crippen LogP contribution in [0.15, 0.2) is 59.5 Å². The summed E-state index contributed by atoms with van der Waals surface area (Å²) in [5, 5.41) is 2.98. The van der Waals surface area contributed by atoms with Gasteiger partial charge in [-0.3, -0.25) is 4.79 Å². The van der Waals surface area contributed by atoms with Crippen molar-refractivity contribution in [1.82, 2.24) is 10.2 Å². The maximum Gasteiger partial charge on any atom is 0.251 e. The summed E-state index contributed by atoms with van der Waals surface area (Å²) in [4.78, 5) is 14.7. The molecule has 0 aliphatic carbocycles. The van der Waals surface area contributed by atoms with E-state index in [2.05, 4.69) is 5.32 Å².